The molecule has 4 aliphatic carbocycles. The van der Waals surface area contributed by atoms with E-state index in [2.05, 4.69) is 6.08 Å². The molecule has 4 nitrogen and oxygen atoms in total. The topological polar surface area (TPSA) is 55.6 Å². The lowest BCUT2D eigenvalue weighted by molar-refractivity contribution is 0.0335. The van der Waals surface area contributed by atoms with Crippen molar-refractivity contribution in [1.82, 2.24) is 4.90 Å². The molecular formula is C22H34N2O2. The van der Waals surface area contributed by atoms with E-state index < -0.39 is 0 Å². The number of fused-ring (bicyclic) bond motifs is 5. The predicted octanol–water partition coefficient (Wildman–Crippen LogP) is 4.10. The molecule has 26 heavy (non-hydrogen) atoms. The van der Waals surface area contributed by atoms with Crippen molar-refractivity contribution in [2.45, 2.75) is 76.4 Å². The van der Waals surface area contributed by atoms with Gasteiger partial charge in [0.2, 0.25) is 0 Å². The quantitative estimate of drug-likeness (QED) is 0.718. The third kappa shape index (κ3) is 2.98. The summed E-state index contributed by atoms with van der Waals surface area (Å²) in [5.74, 6) is 4.77. The second kappa shape index (κ2) is 6.85. The van der Waals surface area contributed by atoms with E-state index in [0.29, 0.717) is 6.54 Å². The highest BCUT2D eigenvalue weighted by molar-refractivity contribution is 5.68. The molecule has 2 N–H and O–H groups in total. The Morgan fingerprint density at radius 3 is 2.77 bits per heavy atom. The fourth-order valence-electron chi connectivity index (χ4n) is 7.17. The molecule has 4 heteroatoms. The summed E-state index contributed by atoms with van der Waals surface area (Å²) in [6, 6.07) is 0.123. The molecule has 4 fully saturated rings. The maximum atomic E-state index is 12.4. The van der Waals surface area contributed by atoms with Crippen molar-refractivity contribution in [3.05, 3.63) is 11.6 Å². The molecule has 0 aromatic rings. The summed E-state index contributed by atoms with van der Waals surface area (Å²) in [6.45, 7) is 1.40. The molecule has 5 rings (SSSR count). The third-order valence-electron chi connectivity index (χ3n) is 8.35. The van der Waals surface area contributed by atoms with Crippen LogP contribution < -0.4 is 5.73 Å². The second-order valence-electron chi connectivity index (χ2n) is 9.64. The minimum Gasteiger partial charge on any atom is -0.442 e. The molecule has 144 valence electrons. The van der Waals surface area contributed by atoms with Crippen LogP contribution in [0, 0.1) is 29.6 Å². The summed E-state index contributed by atoms with van der Waals surface area (Å²) in [5, 5.41) is 0. The molecule has 0 aromatic carbocycles. The number of carbonyl (C=O) groups is 1. The van der Waals surface area contributed by atoms with Gasteiger partial charge in [-0.2, -0.15) is 0 Å². The average molecular weight is 359 g/mol. The maximum absolute atomic E-state index is 12.4. The Balaban J connectivity index is 1.24. The van der Waals surface area contributed by atoms with Gasteiger partial charge in [0, 0.05) is 19.1 Å². The van der Waals surface area contributed by atoms with Gasteiger partial charge in [-0.15, -0.1) is 0 Å². The molecule has 0 spiro atoms. The molecule has 0 aromatic heterocycles. The van der Waals surface area contributed by atoms with Gasteiger partial charge < -0.3 is 15.4 Å². The molecule has 0 radical (unpaired) electrons. The lowest BCUT2D eigenvalue weighted by atomic mass is 9.56. The molecule has 0 bridgehead atoms. The summed E-state index contributed by atoms with van der Waals surface area (Å²) in [7, 11) is 0. The highest BCUT2D eigenvalue weighted by Gasteiger charge is 2.47. The number of carbonyl (C=O) groups excluding carboxylic acids is 1. The molecule has 7 atom stereocenters. The zero-order valence-corrected chi connectivity index (χ0v) is 15.9. The van der Waals surface area contributed by atoms with Gasteiger partial charge in [-0.1, -0.05) is 18.4 Å². The van der Waals surface area contributed by atoms with E-state index in [4.69, 9.17) is 10.5 Å². The first kappa shape index (κ1) is 17.1. The molecule has 1 aliphatic heterocycles. The molecule has 5 aliphatic rings. The lowest BCUT2D eigenvalue weighted by Gasteiger charge is -2.49. The monoisotopic (exact) mass is 358 g/mol. The van der Waals surface area contributed by atoms with Gasteiger partial charge in [0.15, 0.2) is 0 Å². The summed E-state index contributed by atoms with van der Waals surface area (Å²) in [4.78, 5) is 14.2. The number of hydrogen-bond acceptors (Lipinski definition) is 3. The summed E-state index contributed by atoms with van der Waals surface area (Å²) < 4.78 is 5.83. The Kier molecular flexibility index (Phi) is 4.50. The van der Waals surface area contributed by atoms with Crippen LogP contribution in [-0.2, 0) is 4.74 Å². The Labute approximate surface area is 157 Å². The van der Waals surface area contributed by atoms with Crippen molar-refractivity contribution < 1.29 is 9.53 Å². The van der Waals surface area contributed by atoms with Gasteiger partial charge in [-0.25, -0.2) is 4.79 Å². The minimum absolute atomic E-state index is 0.00931. The van der Waals surface area contributed by atoms with Gasteiger partial charge in [0.1, 0.15) is 6.10 Å². The zero-order valence-electron chi connectivity index (χ0n) is 15.9. The first-order valence-corrected chi connectivity index (χ1v) is 11.1. The van der Waals surface area contributed by atoms with Crippen LogP contribution in [-0.4, -0.2) is 36.2 Å². The smallest absolute Gasteiger partial charge is 0.410 e. The van der Waals surface area contributed by atoms with Crippen LogP contribution in [0.3, 0.4) is 0 Å². The summed E-state index contributed by atoms with van der Waals surface area (Å²) in [5.41, 5.74) is 7.54. The molecule has 1 heterocycles. The SMILES string of the molecule is NC1CCN(C(=O)OC2C=C3CCC4C5CCCC5CCC4C3CC2)C1. The van der Waals surface area contributed by atoms with Crippen LogP contribution in [0.4, 0.5) is 4.79 Å². The largest absolute Gasteiger partial charge is 0.442 e. The highest BCUT2D eigenvalue weighted by Crippen LogP contribution is 2.56. The van der Waals surface area contributed by atoms with Gasteiger partial charge in [-0.3, -0.25) is 0 Å². The molecule has 1 amide bonds. The normalized spacial score (nSPS) is 44.7. The van der Waals surface area contributed by atoms with Crippen molar-refractivity contribution >= 4 is 6.09 Å². The Morgan fingerprint density at radius 1 is 1.00 bits per heavy atom. The number of rotatable bonds is 1. The van der Waals surface area contributed by atoms with E-state index in [1.165, 1.54) is 51.4 Å². The van der Waals surface area contributed by atoms with Crippen LogP contribution in [0.2, 0.25) is 0 Å². The maximum Gasteiger partial charge on any atom is 0.410 e. The summed E-state index contributed by atoms with van der Waals surface area (Å²) in [6.07, 6.45) is 15.3. The van der Waals surface area contributed by atoms with Crippen LogP contribution in [0.5, 0.6) is 0 Å². The summed E-state index contributed by atoms with van der Waals surface area (Å²) >= 11 is 0. The van der Waals surface area contributed by atoms with E-state index in [1.807, 2.05) is 0 Å². The second-order valence-corrected chi connectivity index (χ2v) is 9.64. The molecule has 7 unspecified atom stereocenters. The van der Waals surface area contributed by atoms with E-state index in [-0.39, 0.29) is 18.2 Å². The standard InChI is InChI=1S/C22H34N2O2/c23-16-10-11-24(13-16)22(25)26-17-6-9-19-15(12-17)5-8-20-18-3-1-2-14(18)4-7-21(19)20/h12,14,16-21H,1-11,13,23H2. The van der Waals surface area contributed by atoms with E-state index in [1.54, 1.807) is 10.5 Å². The van der Waals surface area contributed by atoms with Crippen LogP contribution in [0.15, 0.2) is 11.6 Å². The zero-order chi connectivity index (χ0) is 17.7. The lowest BCUT2D eigenvalue weighted by Crippen LogP contribution is -2.42. The Hall–Kier alpha value is -1.03. The van der Waals surface area contributed by atoms with Gasteiger partial charge in [0.05, 0.1) is 0 Å². The number of nitrogens with zero attached hydrogens (tertiary/aromatic N) is 1. The van der Waals surface area contributed by atoms with Crippen molar-refractivity contribution in [2.75, 3.05) is 13.1 Å². The number of amides is 1. The van der Waals surface area contributed by atoms with E-state index >= 15 is 0 Å². The number of hydrogen-bond donors (Lipinski definition) is 1. The van der Waals surface area contributed by atoms with Crippen LogP contribution in [0.25, 0.3) is 0 Å². The van der Waals surface area contributed by atoms with Crippen LogP contribution in [0.1, 0.15) is 64.2 Å². The third-order valence-corrected chi connectivity index (χ3v) is 8.35. The number of allylic oxidation sites excluding steroid dienone is 1. The van der Waals surface area contributed by atoms with Crippen molar-refractivity contribution in [3.63, 3.8) is 0 Å². The Bertz CT molecular complexity index is 589. The van der Waals surface area contributed by atoms with E-state index in [0.717, 1.165) is 49.0 Å². The molecular weight excluding hydrogens is 324 g/mol. The van der Waals surface area contributed by atoms with Gasteiger partial charge in [0.25, 0.3) is 0 Å². The number of nitrogens with two attached hydrogens (primary N) is 1. The Morgan fingerprint density at radius 2 is 1.92 bits per heavy atom. The fourth-order valence-corrected chi connectivity index (χ4v) is 7.17. The fraction of sp³-hybridized carbons (Fsp3) is 0.864. The average Bonchev–Trinajstić information content (AvgIpc) is 3.29. The predicted molar refractivity (Wildman–Crippen MR) is 102 cm³/mol. The van der Waals surface area contributed by atoms with E-state index in [9.17, 15) is 4.79 Å². The first-order chi connectivity index (χ1) is 12.7. The van der Waals surface area contributed by atoms with Gasteiger partial charge >= 0.3 is 6.09 Å². The number of ether oxygens (including phenoxy) is 1. The van der Waals surface area contributed by atoms with Gasteiger partial charge in [-0.05, 0) is 87.0 Å². The van der Waals surface area contributed by atoms with Crippen molar-refractivity contribution in [2.24, 2.45) is 35.3 Å². The van der Waals surface area contributed by atoms with Crippen LogP contribution >= 0.6 is 0 Å². The molecule has 1 saturated heterocycles. The number of likely N-dealkylation sites (tertiary alicyclic amines) is 1. The van der Waals surface area contributed by atoms with Crippen molar-refractivity contribution in [1.29, 1.82) is 0 Å². The first-order valence-electron chi connectivity index (χ1n) is 11.1. The minimum atomic E-state index is -0.154. The molecule has 3 saturated carbocycles. The van der Waals surface area contributed by atoms with Crippen molar-refractivity contribution in [3.8, 4) is 0 Å². The highest BCUT2D eigenvalue weighted by atomic mass is 16.6.